The van der Waals surface area contributed by atoms with Gasteiger partial charge in [-0.3, -0.25) is 0 Å². The molecule has 2 N–H and O–H groups in total. The van der Waals surface area contributed by atoms with Crippen LogP contribution in [0.25, 0.3) is 11.1 Å². The second kappa shape index (κ2) is 9.05. The third kappa shape index (κ3) is 4.89. The minimum absolute atomic E-state index is 0.124. The molecule has 0 bridgehead atoms. The number of ether oxygens (including phenoxy) is 1. The lowest BCUT2D eigenvalue weighted by molar-refractivity contribution is 0.171. The Morgan fingerprint density at radius 1 is 0.926 bits per heavy atom. The van der Waals surface area contributed by atoms with Crippen LogP contribution in [0.15, 0.2) is 72.8 Å². The van der Waals surface area contributed by atoms with Gasteiger partial charge in [0.15, 0.2) is 0 Å². The van der Waals surface area contributed by atoms with Crippen molar-refractivity contribution in [2.45, 2.75) is 19.1 Å². The van der Waals surface area contributed by atoms with Gasteiger partial charge in [-0.15, -0.1) is 0 Å². The lowest BCUT2D eigenvalue weighted by atomic mass is 10.0. The molecule has 0 aromatic heterocycles. The first-order valence-corrected chi connectivity index (χ1v) is 9.36. The van der Waals surface area contributed by atoms with Crippen molar-refractivity contribution >= 4 is 11.6 Å². The van der Waals surface area contributed by atoms with Gasteiger partial charge in [0.05, 0.1) is 13.2 Å². The van der Waals surface area contributed by atoms with Gasteiger partial charge in [0.2, 0.25) is 0 Å². The maximum absolute atomic E-state index is 10.3. The van der Waals surface area contributed by atoms with Crippen molar-refractivity contribution in [2.24, 2.45) is 0 Å². The number of rotatable bonds is 7. The van der Waals surface area contributed by atoms with Gasteiger partial charge in [0, 0.05) is 23.2 Å². The van der Waals surface area contributed by atoms with E-state index in [0.29, 0.717) is 11.6 Å². The highest BCUT2D eigenvalue weighted by atomic mass is 35.5. The molecule has 4 heteroatoms. The summed E-state index contributed by atoms with van der Waals surface area (Å²) in [5.74, 6) is 0.863. The number of halogens is 1. The number of hydrogen-bond acceptors (Lipinski definition) is 3. The molecule has 3 nitrogen and oxygen atoms in total. The first kappa shape index (κ1) is 19.4. The summed E-state index contributed by atoms with van der Waals surface area (Å²) in [4.78, 5) is 0. The van der Waals surface area contributed by atoms with E-state index in [0.717, 1.165) is 28.0 Å². The Bertz CT molecular complexity index is 862. The number of hydrogen-bond donors (Lipinski definition) is 2. The fraction of sp³-hybridized carbons (Fsp3) is 0.217. The van der Waals surface area contributed by atoms with E-state index in [1.54, 1.807) is 19.2 Å². The minimum Gasteiger partial charge on any atom is -0.496 e. The highest BCUT2D eigenvalue weighted by molar-refractivity contribution is 6.30. The van der Waals surface area contributed by atoms with E-state index in [4.69, 9.17) is 16.3 Å². The SMILES string of the molecule is COc1ccccc1-c1ccc(C(C)NC[C@H](O)c2ccc(Cl)cc2)cc1. The van der Waals surface area contributed by atoms with Crippen LogP contribution in [0.1, 0.15) is 30.2 Å². The van der Waals surface area contributed by atoms with Crippen LogP contribution >= 0.6 is 11.6 Å². The van der Waals surface area contributed by atoms with Crippen LogP contribution < -0.4 is 10.1 Å². The standard InChI is InChI=1S/C23H24ClNO2/c1-16(25-15-22(26)19-11-13-20(24)14-12-19)17-7-9-18(10-8-17)21-5-3-4-6-23(21)27-2/h3-14,16,22,25-26H,15H2,1-2H3/t16?,22-/m0/s1. The van der Waals surface area contributed by atoms with Gasteiger partial charge in [-0.25, -0.2) is 0 Å². The lowest BCUT2D eigenvalue weighted by Crippen LogP contribution is -2.24. The lowest BCUT2D eigenvalue weighted by Gasteiger charge is -2.18. The highest BCUT2D eigenvalue weighted by Crippen LogP contribution is 2.30. The van der Waals surface area contributed by atoms with E-state index in [9.17, 15) is 5.11 Å². The van der Waals surface area contributed by atoms with Crippen LogP contribution in [0.4, 0.5) is 0 Å². The highest BCUT2D eigenvalue weighted by Gasteiger charge is 2.11. The molecule has 0 amide bonds. The van der Waals surface area contributed by atoms with Gasteiger partial charge in [-0.1, -0.05) is 66.2 Å². The molecule has 3 aromatic rings. The summed E-state index contributed by atoms with van der Waals surface area (Å²) in [6, 6.07) is 23.8. The largest absolute Gasteiger partial charge is 0.496 e. The Hall–Kier alpha value is -2.33. The fourth-order valence-electron chi connectivity index (χ4n) is 3.04. The number of benzene rings is 3. The summed E-state index contributed by atoms with van der Waals surface area (Å²) in [5.41, 5.74) is 4.21. The van der Waals surface area contributed by atoms with Crippen molar-refractivity contribution in [1.82, 2.24) is 5.32 Å². The van der Waals surface area contributed by atoms with Crippen molar-refractivity contribution in [1.29, 1.82) is 0 Å². The topological polar surface area (TPSA) is 41.5 Å². The first-order chi connectivity index (χ1) is 13.1. The average Bonchev–Trinajstić information content (AvgIpc) is 2.72. The number of methoxy groups -OCH3 is 1. The first-order valence-electron chi connectivity index (χ1n) is 8.98. The molecule has 0 fully saturated rings. The molecule has 3 rings (SSSR count). The van der Waals surface area contributed by atoms with Gasteiger partial charge < -0.3 is 15.2 Å². The maximum atomic E-state index is 10.3. The van der Waals surface area contributed by atoms with E-state index < -0.39 is 6.10 Å². The second-order valence-corrected chi connectivity index (χ2v) is 6.96. The Balaban J connectivity index is 1.63. The monoisotopic (exact) mass is 381 g/mol. The molecule has 0 aliphatic carbocycles. The Labute approximate surface area is 165 Å². The number of aliphatic hydroxyl groups is 1. The predicted octanol–water partition coefficient (Wildman–Crippen LogP) is 5.40. The third-order valence-corrected chi connectivity index (χ3v) is 4.95. The predicted molar refractivity (Wildman–Crippen MR) is 111 cm³/mol. The minimum atomic E-state index is -0.572. The molecule has 0 heterocycles. The number of aliphatic hydroxyl groups excluding tert-OH is 1. The Morgan fingerprint density at radius 2 is 1.56 bits per heavy atom. The van der Waals surface area contributed by atoms with E-state index in [-0.39, 0.29) is 6.04 Å². The maximum Gasteiger partial charge on any atom is 0.126 e. The zero-order chi connectivity index (χ0) is 19.2. The van der Waals surface area contributed by atoms with Crippen LogP contribution in [0, 0.1) is 0 Å². The zero-order valence-electron chi connectivity index (χ0n) is 15.5. The zero-order valence-corrected chi connectivity index (χ0v) is 16.3. The van der Waals surface area contributed by atoms with E-state index in [2.05, 4.69) is 42.6 Å². The van der Waals surface area contributed by atoms with Crippen LogP contribution in [0.3, 0.4) is 0 Å². The smallest absolute Gasteiger partial charge is 0.126 e. The molecule has 0 spiro atoms. The average molecular weight is 382 g/mol. The van der Waals surface area contributed by atoms with Crippen molar-refractivity contribution in [2.75, 3.05) is 13.7 Å². The van der Waals surface area contributed by atoms with E-state index in [1.807, 2.05) is 30.3 Å². The molecule has 0 radical (unpaired) electrons. The molecule has 3 aromatic carbocycles. The molecule has 2 atom stereocenters. The molecule has 1 unspecified atom stereocenters. The second-order valence-electron chi connectivity index (χ2n) is 6.52. The van der Waals surface area contributed by atoms with Gasteiger partial charge in [-0.2, -0.15) is 0 Å². The van der Waals surface area contributed by atoms with Crippen molar-refractivity contribution < 1.29 is 9.84 Å². The molecule has 0 saturated heterocycles. The molecule has 0 saturated carbocycles. The van der Waals surface area contributed by atoms with Gasteiger partial charge in [-0.05, 0) is 41.8 Å². The number of para-hydroxylation sites is 1. The molecular formula is C23H24ClNO2. The molecule has 0 aliphatic rings. The quantitative estimate of drug-likeness (QED) is 0.575. The van der Waals surface area contributed by atoms with E-state index >= 15 is 0 Å². The van der Waals surface area contributed by atoms with Crippen LogP contribution in [-0.2, 0) is 0 Å². The van der Waals surface area contributed by atoms with Crippen molar-refractivity contribution in [3.63, 3.8) is 0 Å². The normalized spacial score (nSPS) is 13.2. The molecular weight excluding hydrogens is 358 g/mol. The van der Waals surface area contributed by atoms with E-state index in [1.165, 1.54) is 0 Å². The Morgan fingerprint density at radius 3 is 2.22 bits per heavy atom. The number of nitrogens with one attached hydrogen (secondary N) is 1. The van der Waals surface area contributed by atoms with Gasteiger partial charge >= 0.3 is 0 Å². The Kier molecular flexibility index (Phi) is 6.51. The van der Waals surface area contributed by atoms with Crippen LogP contribution in [-0.4, -0.2) is 18.8 Å². The van der Waals surface area contributed by atoms with Crippen molar-refractivity contribution in [3.05, 3.63) is 88.9 Å². The van der Waals surface area contributed by atoms with Crippen LogP contribution in [0.2, 0.25) is 5.02 Å². The fourth-order valence-corrected chi connectivity index (χ4v) is 3.17. The summed E-state index contributed by atoms with van der Waals surface area (Å²) in [6.45, 7) is 2.56. The summed E-state index contributed by atoms with van der Waals surface area (Å²) in [7, 11) is 1.69. The summed E-state index contributed by atoms with van der Waals surface area (Å²) < 4.78 is 5.44. The summed E-state index contributed by atoms with van der Waals surface area (Å²) in [6.07, 6.45) is -0.572. The molecule has 27 heavy (non-hydrogen) atoms. The van der Waals surface area contributed by atoms with Crippen LogP contribution in [0.5, 0.6) is 5.75 Å². The van der Waals surface area contributed by atoms with Gasteiger partial charge in [0.1, 0.15) is 5.75 Å². The van der Waals surface area contributed by atoms with Crippen molar-refractivity contribution in [3.8, 4) is 16.9 Å². The summed E-state index contributed by atoms with van der Waals surface area (Å²) >= 11 is 5.89. The molecule has 0 aliphatic heterocycles. The molecule has 140 valence electrons. The van der Waals surface area contributed by atoms with Gasteiger partial charge in [0.25, 0.3) is 0 Å². The summed E-state index contributed by atoms with van der Waals surface area (Å²) in [5, 5.41) is 14.4. The third-order valence-electron chi connectivity index (χ3n) is 4.70.